The molecule has 0 radical (unpaired) electrons. The summed E-state index contributed by atoms with van der Waals surface area (Å²) in [5.74, 6) is 0.436. The van der Waals surface area contributed by atoms with Crippen molar-refractivity contribution in [3.63, 3.8) is 0 Å². The van der Waals surface area contributed by atoms with Crippen molar-refractivity contribution in [1.82, 2.24) is 0 Å². The van der Waals surface area contributed by atoms with E-state index in [1.165, 1.54) is 7.11 Å². The van der Waals surface area contributed by atoms with Gasteiger partial charge in [-0.3, -0.25) is 4.79 Å². The van der Waals surface area contributed by atoms with E-state index in [1.54, 1.807) is 18.2 Å². The van der Waals surface area contributed by atoms with E-state index in [0.29, 0.717) is 22.2 Å². The lowest BCUT2D eigenvalue weighted by molar-refractivity contribution is -0.104. The summed E-state index contributed by atoms with van der Waals surface area (Å²) < 4.78 is 5.56. The van der Waals surface area contributed by atoms with E-state index in [1.807, 2.05) is 6.92 Å². The number of carbonyl (C=O) groups is 1. The molecule has 16 heavy (non-hydrogen) atoms. The van der Waals surface area contributed by atoms with Gasteiger partial charge in [0.25, 0.3) is 0 Å². The number of allylic oxidation sites excluding steroid dienone is 1. The predicted octanol–water partition coefficient (Wildman–Crippen LogP) is 3.16. The summed E-state index contributed by atoms with van der Waals surface area (Å²) in [5.41, 5.74) is 1.50. The minimum absolute atomic E-state index is 0.0591. The second-order valence-corrected chi connectivity index (χ2v) is 4.10. The maximum atomic E-state index is 10.7. The summed E-state index contributed by atoms with van der Waals surface area (Å²) in [4.78, 5) is 10.7. The van der Waals surface area contributed by atoms with Gasteiger partial charge in [0.1, 0.15) is 6.29 Å². The second-order valence-electron chi connectivity index (χ2n) is 3.24. The molecule has 0 amide bonds. The van der Waals surface area contributed by atoms with Crippen LogP contribution in [0, 0.1) is 0 Å². The number of hydrogen-bond donors (Lipinski definition) is 1. The van der Waals surface area contributed by atoms with Crippen molar-refractivity contribution in [1.29, 1.82) is 0 Å². The lowest BCUT2D eigenvalue weighted by Crippen LogP contribution is -1.87. The van der Waals surface area contributed by atoms with Crippen LogP contribution in [0.15, 0.2) is 22.2 Å². The Morgan fingerprint density at radius 1 is 1.56 bits per heavy atom. The van der Waals surface area contributed by atoms with Crippen molar-refractivity contribution >= 4 is 28.3 Å². The van der Waals surface area contributed by atoms with Crippen molar-refractivity contribution in [2.45, 2.75) is 13.3 Å². The summed E-state index contributed by atoms with van der Waals surface area (Å²) in [5, 5.41) is 9.61. The molecule has 1 rings (SSSR count). The third-order valence-corrected chi connectivity index (χ3v) is 2.79. The molecular weight excluding hydrogens is 272 g/mol. The molecule has 1 aromatic rings. The van der Waals surface area contributed by atoms with Gasteiger partial charge in [-0.25, -0.2) is 0 Å². The smallest absolute Gasteiger partial charge is 0.172 e. The summed E-state index contributed by atoms with van der Waals surface area (Å²) in [6, 6.07) is 3.41. The van der Waals surface area contributed by atoms with E-state index in [-0.39, 0.29) is 5.75 Å². The molecule has 0 atom stereocenters. The molecule has 4 heteroatoms. The number of aromatic hydroxyl groups is 1. The molecule has 0 heterocycles. The van der Waals surface area contributed by atoms with Gasteiger partial charge >= 0.3 is 0 Å². The Labute approximate surface area is 103 Å². The van der Waals surface area contributed by atoms with Gasteiger partial charge in [-0.15, -0.1) is 0 Å². The number of methoxy groups -OCH3 is 1. The number of ether oxygens (including phenoxy) is 1. The van der Waals surface area contributed by atoms with E-state index < -0.39 is 0 Å². The van der Waals surface area contributed by atoms with Crippen LogP contribution in [0.3, 0.4) is 0 Å². The molecule has 0 aliphatic carbocycles. The molecule has 86 valence electrons. The van der Waals surface area contributed by atoms with E-state index in [2.05, 4.69) is 15.9 Å². The molecule has 1 aromatic carbocycles. The maximum absolute atomic E-state index is 10.7. The van der Waals surface area contributed by atoms with Crippen LogP contribution >= 0.6 is 15.9 Å². The molecule has 0 aliphatic heterocycles. The zero-order valence-corrected chi connectivity index (χ0v) is 10.7. The SMILES string of the molecule is CCC(C=O)=Cc1cc(Br)c(O)c(OC)c1. The standard InChI is InChI=1S/C12H13BrO3/c1-3-8(7-14)4-9-5-10(13)12(15)11(6-9)16-2/h4-7,15H,3H2,1-2H3. The van der Waals surface area contributed by atoms with Crippen molar-refractivity contribution in [2.24, 2.45) is 0 Å². The Kier molecular flexibility index (Phi) is 4.55. The van der Waals surface area contributed by atoms with Crippen LogP contribution in [0.25, 0.3) is 6.08 Å². The Hall–Kier alpha value is -1.29. The highest BCUT2D eigenvalue weighted by Crippen LogP contribution is 2.35. The van der Waals surface area contributed by atoms with E-state index in [0.717, 1.165) is 11.8 Å². The van der Waals surface area contributed by atoms with E-state index in [4.69, 9.17) is 4.74 Å². The predicted molar refractivity (Wildman–Crippen MR) is 66.7 cm³/mol. The van der Waals surface area contributed by atoms with Gasteiger partial charge in [-0.2, -0.15) is 0 Å². The first-order valence-corrected chi connectivity index (χ1v) is 5.64. The summed E-state index contributed by atoms with van der Waals surface area (Å²) in [6.45, 7) is 1.91. The van der Waals surface area contributed by atoms with Crippen molar-refractivity contribution in [3.05, 3.63) is 27.7 Å². The normalized spacial score (nSPS) is 11.3. The average molecular weight is 285 g/mol. The lowest BCUT2D eigenvalue weighted by Gasteiger charge is -2.07. The van der Waals surface area contributed by atoms with Crippen LogP contribution in [0.2, 0.25) is 0 Å². The lowest BCUT2D eigenvalue weighted by atomic mass is 10.1. The zero-order valence-electron chi connectivity index (χ0n) is 9.16. The molecule has 3 nitrogen and oxygen atoms in total. The minimum Gasteiger partial charge on any atom is -0.503 e. The van der Waals surface area contributed by atoms with Crippen LogP contribution in [-0.4, -0.2) is 18.5 Å². The Balaban J connectivity index is 3.21. The summed E-state index contributed by atoms with van der Waals surface area (Å²) >= 11 is 3.22. The van der Waals surface area contributed by atoms with E-state index in [9.17, 15) is 9.90 Å². The van der Waals surface area contributed by atoms with Crippen molar-refractivity contribution in [2.75, 3.05) is 7.11 Å². The first kappa shape index (κ1) is 12.8. The Morgan fingerprint density at radius 3 is 2.75 bits per heavy atom. The molecule has 0 aromatic heterocycles. The number of carbonyl (C=O) groups excluding carboxylic acids is 1. The van der Waals surface area contributed by atoms with Gasteiger partial charge < -0.3 is 9.84 Å². The van der Waals surface area contributed by atoms with Crippen LogP contribution < -0.4 is 4.74 Å². The van der Waals surface area contributed by atoms with Gasteiger partial charge in [0.2, 0.25) is 0 Å². The first-order chi connectivity index (χ1) is 7.62. The third-order valence-electron chi connectivity index (χ3n) is 2.18. The monoisotopic (exact) mass is 284 g/mol. The molecule has 0 saturated carbocycles. The van der Waals surface area contributed by atoms with Gasteiger partial charge in [0.15, 0.2) is 11.5 Å². The zero-order chi connectivity index (χ0) is 12.1. The molecule has 0 unspecified atom stereocenters. The number of rotatable bonds is 4. The van der Waals surface area contributed by atoms with E-state index >= 15 is 0 Å². The first-order valence-electron chi connectivity index (χ1n) is 4.84. The van der Waals surface area contributed by atoms with Crippen LogP contribution in [0.5, 0.6) is 11.5 Å². The minimum atomic E-state index is 0.0591. The van der Waals surface area contributed by atoms with Crippen molar-refractivity contribution < 1.29 is 14.6 Å². The van der Waals surface area contributed by atoms with Gasteiger partial charge in [-0.05, 0) is 51.7 Å². The molecule has 0 fully saturated rings. The van der Waals surface area contributed by atoms with Gasteiger partial charge in [0, 0.05) is 0 Å². The molecule has 0 bridgehead atoms. The highest BCUT2D eigenvalue weighted by atomic mass is 79.9. The average Bonchev–Trinajstić information content (AvgIpc) is 2.30. The Bertz CT molecular complexity index is 425. The molecular formula is C12H13BrO3. The van der Waals surface area contributed by atoms with Crippen LogP contribution in [0.1, 0.15) is 18.9 Å². The van der Waals surface area contributed by atoms with Crippen LogP contribution in [0.4, 0.5) is 0 Å². The third kappa shape index (κ3) is 2.85. The quantitative estimate of drug-likeness (QED) is 0.682. The molecule has 0 aliphatic rings. The number of phenolic OH excluding ortho intramolecular Hbond substituents is 1. The number of aldehydes is 1. The fourth-order valence-corrected chi connectivity index (χ4v) is 1.73. The fraction of sp³-hybridized carbons (Fsp3) is 0.250. The highest BCUT2D eigenvalue weighted by Gasteiger charge is 2.07. The topological polar surface area (TPSA) is 46.5 Å². The Morgan fingerprint density at radius 2 is 2.25 bits per heavy atom. The number of halogens is 1. The molecule has 0 spiro atoms. The largest absolute Gasteiger partial charge is 0.503 e. The van der Waals surface area contributed by atoms with Gasteiger partial charge in [-0.1, -0.05) is 6.92 Å². The molecule has 0 saturated heterocycles. The number of hydrogen-bond acceptors (Lipinski definition) is 3. The summed E-state index contributed by atoms with van der Waals surface area (Å²) in [7, 11) is 1.48. The maximum Gasteiger partial charge on any atom is 0.172 e. The van der Waals surface area contributed by atoms with Gasteiger partial charge in [0.05, 0.1) is 11.6 Å². The fourth-order valence-electron chi connectivity index (χ4n) is 1.27. The highest BCUT2D eigenvalue weighted by molar-refractivity contribution is 9.10. The number of benzene rings is 1. The molecule has 1 N–H and O–H groups in total. The summed E-state index contributed by atoms with van der Waals surface area (Å²) in [6.07, 6.45) is 3.26. The van der Waals surface area contributed by atoms with Crippen LogP contribution in [-0.2, 0) is 4.79 Å². The number of phenols is 1. The van der Waals surface area contributed by atoms with Crippen molar-refractivity contribution in [3.8, 4) is 11.5 Å². The second kappa shape index (κ2) is 5.70.